The first-order valence-corrected chi connectivity index (χ1v) is 27.4. The van der Waals surface area contributed by atoms with Crippen molar-refractivity contribution in [1.82, 2.24) is 14.1 Å². The molecule has 0 radical (unpaired) electrons. The number of benzene rings is 7. The van der Waals surface area contributed by atoms with Gasteiger partial charge in [0.1, 0.15) is 0 Å². The molecule has 0 aliphatic rings. The van der Waals surface area contributed by atoms with Gasteiger partial charge in [-0.1, -0.05) is 103 Å². The summed E-state index contributed by atoms with van der Waals surface area (Å²) < 4.78 is 100. The molecule has 0 saturated carbocycles. The Balaban J connectivity index is 0.00000640. The topological polar surface area (TPSA) is 35.9 Å². The van der Waals surface area contributed by atoms with Crippen LogP contribution in [-0.4, -0.2) is 27.4 Å². The van der Waals surface area contributed by atoms with Crippen LogP contribution in [0, 0.1) is 18.5 Å². The number of hydrogen-bond acceptors (Lipinski definition) is 2. The molecule has 0 atom stereocenters. The molecule has 0 saturated heterocycles. The third-order valence-corrected chi connectivity index (χ3v) is 15.2. The summed E-state index contributed by atoms with van der Waals surface area (Å²) in [5.41, 5.74) is 4.72. The van der Waals surface area contributed by atoms with Crippen molar-refractivity contribution in [2.75, 3.05) is 0 Å². The molecule has 7 aromatic carbocycles. The van der Waals surface area contributed by atoms with E-state index < -0.39 is 73.7 Å². The fourth-order valence-electron chi connectivity index (χ4n) is 7.80. The van der Waals surface area contributed by atoms with Crippen LogP contribution in [0.3, 0.4) is 0 Å². The van der Waals surface area contributed by atoms with E-state index in [2.05, 4.69) is 97.5 Å². The van der Waals surface area contributed by atoms with Gasteiger partial charge in [0.15, 0.2) is 0 Å². The number of rotatable bonds is 8. The predicted molar refractivity (Wildman–Crippen MR) is 253 cm³/mol. The number of para-hydroxylation sites is 3. The first-order valence-electron chi connectivity index (χ1n) is 25.1. The molecule has 0 aliphatic heterocycles. The Morgan fingerprint density at radius 3 is 2.05 bits per heavy atom. The maximum absolute atomic E-state index is 9.02. The number of pyridine rings is 1. The third-order valence-electron chi connectivity index (χ3n) is 10.9. The van der Waals surface area contributed by atoms with Crippen LogP contribution in [0.2, 0.25) is 17.3 Å². The Bertz CT molecular complexity index is 3710. The van der Waals surface area contributed by atoms with E-state index in [4.69, 9.17) is 23.4 Å². The fraction of sp³-hybridized carbons (Fsp3) is 0.127. The summed E-state index contributed by atoms with van der Waals surface area (Å²) in [6.07, 6.45) is 5.26. The van der Waals surface area contributed by atoms with Crippen molar-refractivity contribution in [3.63, 3.8) is 0 Å². The SMILES string of the molecule is [2H]c1c([2H])c([2H])c(-c2cccc(-c3c([2H])c([2H])c([2H])c([2H])c3[2H])c2-[n+]2[c-]n(-c3[c-]c(Oc4[c-]c5c(cc4)c4c[c]([Ge]([CH3])([CH3])[CH3])ccc4n5-c4cc(C(C)(C)C)ccn4)ccc3)c3ccccc32)c([2H])c1[2H].[Pt]. The van der Waals surface area contributed by atoms with Crippen molar-refractivity contribution in [3.8, 4) is 50.9 Å². The molecule has 10 rings (SSSR count). The zero-order valence-corrected chi connectivity index (χ0v) is 39.3. The molecule has 7 heteroatoms. The van der Waals surface area contributed by atoms with Gasteiger partial charge in [0.2, 0.25) is 0 Å². The van der Waals surface area contributed by atoms with Crippen LogP contribution in [0.1, 0.15) is 40.0 Å². The van der Waals surface area contributed by atoms with Crippen molar-refractivity contribution in [2.24, 2.45) is 0 Å². The van der Waals surface area contributed by atoms with Crippen LogP contribution in [-0.2, 0) is 26.5 Å². The standard InChI is InChI=1S/C55H46GeN4O.Pt/c1-55(2,3)40-31-32-57-53(33-40)60-49-30-27-41(56(4,5)6)34-48(49)47-29-28-44(36-52(47)60)61-43-22-15-21-42(35-43)58-37-59(51-26-14-13-25-50(51)58)54-45(38-17-9-7-10-18-38)23-16-24-46(54)39-19-11-8-12-20-39;/h7-34H,1-6H3;/q-2;/i7D,8D,9D,10D,11D,12D,17D,18D,19D,20D;. The molecule has 308 valence electrons. The molecule has 62 heavy (non-hydrogen) atoms. The van der Waals surface area contributed by atoms with Gasteiger partial charge < -0.3 is 0 Å². The Kier molecular flexibility index (Phi) is 8.16. The number of imidazole rings is 1. The van der Waals surface area contributed by atoms with E-state index >= 15 is 0 Å². The molecule has 0 spiro atoms. The van der Waals surface area contributed by atoms with E-state index in [9.17, 15) is 0 Å². The van der Waals surface area contributed by atoms with Gasteiger partial charge in [-0.05, 0) is 22.3 Å². The summed E-state index contributed by atoms with van der Waals surface area (Å²) >= 11 is -2.23. The Morgan fingerprint density at radius 1 is 0.677 bits per heavy atom. The monoisotopic (exact) mass is 1060 g/mol. The molecule has 0 N–H and O–H groups in total. The van der Waals surface area contributed by atoms with Crippen LogP contribution >= 0.6 is 0 Å². The second-order valence-corrected chi connectivity index (χ2v) is 27.7. The van der Waals surface area contributed by atoms with Crippen LogP contribution < -0.4 is 13.7 Å². The predicted octanol–water partition coefficient (Wildman–Crippen LogP) is 12.8. The van der Waals surface area contributed by atoms with E-state index in [1.54, 1.807) is 33.4 Å². The molecular weight excluding hydrogens is 1000 g/mol. The molecule has 0 unspecified atom stereocenters. The zero-order chi connectivity index (χ0) is 50.6. The van der Waals surface area contributed by atoms with Crippen molar-refractivity contribution in [2.45, 2.75) is 43.5 Å². The van der Waals surface area contributed by atoms with Crippen molar-refractivity contribution in [1.29, 1.82) is 0 Å². The quantitative estimate of drug-likeness (QED) is 0.0864. The number of aromatic nitrogens is 4. The van der Waals surface area contributed by atoms with Crippen LogP contribution in [0.5, 0.6) is 11.5 Å². The molecule has 10 aromatic rings. The number of ether oxygens (including phenoxy) is 1. The van der Waals surface area contributed by atoms with E-state index in [0.29, 0.717) is 28.2 Å². The van der Waals surface area contributed by atoms with Gasteiger partial charge in [-0.25, -0.2) is 0 Å². The van der Waals surface area contributed by atoms with Crippen molar-refractivity contribution in [3.05, 3.63) is 194 Å². The summed E-state index contributed by atoms with van der Waals surface area (Å²) in [7, 11) is 0. The third kappa shape index (κ3) is 7.63. The summed E-state index contributed by atoms with van der Waals surface area (Å²) in [6, 6.07) is 34.2. The maximum atomic E-state index is 9.02. The summed E-state index contributed by atoms with van der Waals surface area (Å²) in [6.45, 7) is 6.55. The van der Waals surface area contributed by atoms with E-state index in [0.717, 1.165) is 33.2 Å². The van der Waals surface area contributed by atoms with Gasteiger partial charge in [-0.2, -0.15) is 0 Å². The second-order valence-electron chi connectivity index (χ2n) is 17.0. The summed E-state index contributed by atoms with van der Waals surface area (Å²) in [4.78, 5) is 4.87. The first kappa shape index (κ1) is 30.9. The Labute approximate surface area is 395 Å². The Hall–Kier alpha value is -6.01. The fourth-order valence-corrected chi connectivity index (χ4v) is 10.2. The normalized spacial score (nSPS) is 14.2. The molecule has 5 nitrogen and oxygen atoms in total. The number of fused-ring (bicyclic) bond motifs is 4. The van der Waals surface area contributed by atoms with Gasteiger partial charge in [0, 0.05) is 21.1 Å². The molecule has 0 fully saturated rings. The van der Waals surface area contributed by atoms with E-state index in [1.807, 2.05) is 48.7 Å². The molecule has 0 bridgehead atoms. The first-order chi connectivity index (χ1) is 33.6. The number of nitrogens with zero attached hydrogens (tertiary/aromatic N) is 4. The van der Waals surface area contributed by atoms with E-state index in [1.165, 1.54) is 4.40 Å². The van der Waals surface area contributed by atoms with Crippen LogP contribution in [0.25, 0.3) is 72.3 Å². The molecule has 3 heterocycles. The minimum atomic E-state index is -2.23. The van der Waals surface area contributed by atoms with Crippen LogP contribution in [0.15, 0.2) is 170 Å². The molecular formula is C55H46GeN4OPt-2. The van der Waals surface area contributed by atoms with Gasteiger partial charge in [-0.15, -0.1) is 0 Å². The van der Waals surface area contributed by atoms with E-state index in [-0.39, 0.29) is 54.4 Å². The average Bonchev–Trinajstić information content (AvgIpc) is 3.89. The minimum Gasteiger partial charge on any atom is -0.0666 e. The van der Waals surface area contributed by atoms with Gasteiger partial charge >= 0.3 is 209 Å². The Morgan fingerprint density at radius 2 is 1.35 bits per heavy atom. The number of hydrogen-bond donors (Lipinski definition) is 0. The average molecular weight is 1060 g/mol. The molecule has 0 aliphatic carbocycles. The zero-order valence-electron chi connectivity index (χ0n) is 44.9. The van der Waals surface area contributed by atoms with Crippen molar-refractivity contribution < 1.29 is 44.1 Å². The van der Waals surface area contributed by atoms with Gasteiger partial charge in [-0.3, -0.25) is 4.57 Å². The van der Waals surface area contributed by atoms with Gasteiger partial charge in [0.25, 0.3) is 6.33 Å². The van der Waals surface area contributed by atoms with Crippen molar-refractivity contribution >= 4 is 50.5 Å². The summed E-state index contributed by atoms with van der Waals surface area (Å²) in [5, 5.41) is 2.13. The molecule has 0 amide bonds. The molecule has 3 aromatic heterocycles. The summed E-state index contributed by atoms with van der Waals surface area (Å²) in [5.74, 6) is 8.75. The minimum absolute atomic E-state index is 0. The van der Waals surface area contributed by atoms with Gasteiger partial charge in [0.05, 0.1) is 30.4 Å². The smallest absolute Gasteiger partial charge is 0.0666 e. The second kappa shape index (κ2) is 16.4. The van der Waals surface area contributed by atoms with Crippen LogP contribution in [0.4, 0.5) is 0 Å².